The predicted octanol–water partition coefficient (Wildman–Crippen LogP) is 4.42. The van der Waals surface area contributed by atoms with Gasteiger partial charge in [-0.05, 0) is 75.3 Å². The first-order valence-electron chi connectivity index (χ1n) is 12.7. The number of nitrogens with zero attached hydrogens (tertiary/aromatic N) is 5. The van der Waals surface area contributed by atoms with E-state index in [4.69, 9.17) is 9.72 Å². The van der Waals surface area contributed by atoms with E-state index in [2.05, 4.69) is 39.4 Å². The molecule has 0 bridgehead atoms. The van der Waals surface area contributed by atoms with E-state index in [9.17, 15) is 4.79 Å². The summed E-state index contributed by atoms with van der Waals surface area (Å²) in [6.07, 6.45) is 10.7. The molecule has 1 unspecified atom stereocenters. The minimum absolute atomic E-state index is 0.206. The number of hydrogen-bond donors (Lipinski definition) is 1. The van der Waals surface area contributed by atoms with Gasteiger partial charge in [0.1, 0.15) is 0 Å². The molecule has 1 saturated heterocycles. The Morgan fingerprint density at radius 1 is 1.03 bits per heavy atom. The van der Waals surface area contributed by atoms with Gasteiger partial charge in [0.05, 0.1) is 48.2 Å². The number of carbonyl (C=O) groups excluding carboxylic acids is 1. The lowest BCUT2D eigenvalue weighted by Crippen LogP contribution is -2.43. The van der Waals surface area contributed by atoms with Crippen molar-refractivity contribution in [1.29, 1.82) is 0 Å². The van der Waals surface area contributed by atoms with Crippen LogP contribution in [0.1, 0.15) is 57.7 Å². The fourth-order valence-corrected chi connectivity index (χ4v) is 5.26. The summed E-state index contributed by atoms with van der Waals surface area (Å²) in [6, 6.07) is 4.66. The molecule has 1 fully saturated rings. The Kier molecular flexibility index (Phi) is 6.98. The predicted molar refractivity (Wildman–Crippen MR) is 141 cm³/mol. The number of rotatable bonds is 5. The van der Waals surface area contributed by atoms with Crippen LogP contribution in [0.15, 0.2) is 36.8 Å². The summed E-state index contributed by atoms with van der Waals surface area (Å²) >= 11 is 0. The second-order valence-electron chi connectivity index (χ2n) is 9.86. The first-order chi connectivity index (χ1) is 17.4. The van der Waals surface area contributed by atoms with E-state index in [1.807, 2.05) is 33.0 Å². The molecule has 2 aliphatic rings. The van der Waals surface area contributed by atoms with Crippen molar-refractivity contribution in [3.63, 3.8) is 0 Å². The smallest absolute Gasteiger partial charge is 0.259 e. The van der Waals surface area contributed by atoms with E-state index in [0.29, 0.717) is 17.3 Å². The van der Waals surface area contributed by atoms with Gasteiger partial charge in [0.2, 0.25) is 0 Å². The Hall–Kier alpha value is -3.36. The molecule has 4 heterocycles. The second-order valence-corrected chi connectivity index (χ2v) is 9.86. The second kappa shape index (κ2) is 10.3. The monoisotopic (exact) mass is 486 g/mol. The van der Waals surface area contributed by atoms with Crippen molar-refractivity contribution in [2.75, 3.05) is 31.6 Å². The van der Waals surface area contributed by atoms with Crippen LogP contribution in [0.2, 0.25) is 0 Å². The van der Waals surface area contributed by atoms with Crippen molar-refractivity contribution in [1.82, 2.24) is 24.6 Å². The molecule has 36 heavy (non-hydrogen) atoms. The molecule has 0 spiro atoms. The lowest BCUT2D eigenvalue weighted by Gasteiger charge is -2.36. The number of ether oxygens (including phenoxy) is 1. The van der Waals surface area contributed by atoms with Crippen LogP contribution >= 0.6 is 0 Å². The third kappa shape index (κ3) is 4.96. The maximum Gasteiger partial charge on any atom is 0.259 e. The molecular weight excluding hydrogens is 452 g/mol. The summed E-state index contributed by atoms with van der Waals surface area (Å²) in [4.78, 5) is 24.9. The average molecular weight is 487 g/mol. The highest BCUT2D eigenvalue weighted by Crippen LogP contribution is 2.31. The van der Waals surface area contributed by atoms with E-state index in [1.165, 1.54) is 5.57 Å². The number of pyridine rings is 2. The van der Waals surface area contributed by atoms with Gasteiger partial charge in [0.25, 0.3) is 5.91 Å². The molecule has 5 rings (SSSR count). The Bertz CT molecular complexity index is 1310. The molecule has 1 aliphatic carbocycles. The standard InChI is InChI=1S/C28H34N6O2/c1-18-13-20(3)27(30-15-18)34-21(4)25(17-31-34)28(35)32-23-14-19(2)26(29-16-23)22-5-7-24(8-6-22)33-9-11-36-12-10-33/h5,13-17,24H,6-12H2,1-4H3,(H,32,35). The van der Waals surface area contributed by atoms with E-state index in [-0.39, 0.29) is 5.91 Å². The van der Waals surface area contributed by atoms with Crippen LogP contribution in [0.25, 0.3) is 11.4 Å². The number of carbonyl (C=O) groups is 1. The first kappa shape index (κ1) is 24.3. The number of aryl methyl sites for hydroxylation is 3. The van der Waals surface area contributed by atoms with Crippen LogP contribution in [0.4, 0.5) is 5.69 Å². The van der Waals surface area contributed by atoms with Gasteiger partial charge in [-0.25, -0.2) is 9.67 Å². The van der Waals surface area contributed by atoms with Gasteiger partial charge in [0.15, 0.2) is 5.82 Å². The summed E-state index contributed by atoms with van der Waals surface area (Å²) in [6.45, 7) is 11.7. The largest absolute Gasteiger partial charge is 0.379 e. The minimum atomic E-state index is -0.206. The topological polar surface area (TPSA) is 85.2 Å². The zero-order valence-electron chi connectivity index (χ0n) is 21.5. The van der Waals surface area contributed by atoms with Gasteiger partial charge in [-0.3, -0.25) is 14.7 Å². The fraction of sp³-hybridized carbons (Fsp3) is 0.429. The van der Waals surface area contributed by atoms with Crippen LogP contribution in [-0.2, 0) is 4.74 Å². The van der Waals surface area contributed by atoms with Crippen molar-refractivity contribution in [2.24, 2.45) is 0 Å². The molecule has 0 aromatic carbocycles. The Balaban J connectivity index is 1.27. The molecule has 1 N–H and O–H groups in total. The zero-order valence-corrected chi connectivity index (χ0v) is 21.5. The summed E-state index contributed by atoms with van der Waals surface area (Å²) in [5, 5.41) is 7.43. The van der Waals surface area contributed by atoms with Crippen molar-refractivity contribution < 1.29 is 9.53 Å². The quantitative estimate of drug-likeness (QED) is 0.575. The summed E-state index contributed by atoms with van der Waals surface area (Å²) in [5.74, 6) is 0.526. The molecule has 3 aromatic heterocycles. The number of morpholine rings is 1. The van der Waals surface area contributed by atoms with Crippen molar-refractivity contribution in [3.05, 3.63) is 70.4 Å². The SMILES string of the molecule is Cc1cnc(-n2ncc(C(=O)Nc3cnc(C4=CCC(N5CCOCC5)CC4)c(C)c3)c2C)c(C)c1. The van der Waals surface area contributed by atoms with Gasteiger partial charge >= 0.3 is 0 Å². The van der Waals surface area contributed by atoms with Gasteiger partial charge in [0, 0.05) is 25.3 Å². The maximum atomic E-state index is 13.1. The third-order valence-corrected chi connectivity index (χ3v) is 7.23. The number of aromatic nitrogens is 4. The highest BCUT2D eigenvalue weighted by Gasteiger charge is 2.24. The molecular formula is C28H34N6O2. The fourth-order valence-electron chi connectivity index (χ4n) is 5.26. The highest BCUT2D eigenvalue weighted by molar-refractivity contribution is 6.05. The molecule has 1 amide bonds. The maximum absolute atomic E-state index is 13.1. The average Bonchev–Trinajstić information content (AvgIpc) is 3.26. The molecule has 0 saturated carbocycles. The number of nitrogens with one attached hydrogen (secondary N) is 1. The van der Waals surface area contributed by atoms with Gasteiger partial charge in [-0.1, -0.05) is 12.1 Å². The highest BCUT2D eigenvalue weighted by atomic mass is 16.5. The molecule has 1 aliphatic heterocycles. The lowest BCUT2D eigenvalue weighted by atomic mass is 9.90. The number of anilines is 1. The van der Waals surface area contributed by atoms with Crippen LogP contribution in [-0.4, -0.2) is 62.9 Å². The van der Waals surface area contributed by atoms with E-state index in [0.717, 1.165) is 79.5 Å². The van der Waals surface area contributed by atoms with Crippen molar-refractivity contribution in [3.8, 4) is 5.82 Å². The summed E-state index contributed by atoms with van der Waals surface area (Å²) in [5.41, 5.74) is 7.43. The number of hydrogen-bond acceptors (Lipinski definition) is 6. The van der Waals surface area contributed by atoms with Crippen LogP contribution in [0, 0.1) is 27.7 Å². The summed E-state index contributed by atoms with van der Waals surface area (Å²) < 4.78 is 7.21. The number of amides is 1. The molecule has 188 valence electrons. The minimum Gasteiger partial charge on any atom is -0.379 e. The van der Waals surface area contributed by atoms with E-state index in [1.54, 1.807) is 17.1 Å². The van der Waals surface area contributed by atoms with Crippen LogP contribution in [0.3, 0.4) is 0 Å². The normalized spacial score (nSPS) is 18.7. The zero-order chi connectivity index (χ0) is 25.2. The van der Waals surface area contributed by atoms with E-state index < -0.39 is 0 Å². The van der Waals surface area contributed by atoms with Crippen molar-refractivity contribution in [2.45, 2.75) is 53.0 Å². The molecule has 3 aromatic rings. The van der Waals surface area contributed by atoms with Gasteiger partial charge < -0.3 is 10.1 Å². The first-order valence-corrected chi connectivity index (χ1v) is 12.7. The lowest BCUT2D eigenvalue weighted by molar-refractivity contribution is 0.0150. The third-order valence-electron chi connectivity index (χ3n) is 7.23. The van der Waals surface area contributed by atoms with E-state index >= 15 is 0 Å². The summed E-state index contributed by atoms with van der Waals surface area (Å²) in [7, 11) is 0. The molecule has 0 radical (unpaired) electrons. The Labute approximate surface area is 212 Å². The van der Waals surface area contributed by atoms with Gasteiger partial charge in [-0.2, -0.15) is 5.10 Å². The van der Waals surface area contributed by atoms with Crippen LogP contribution in [0.5, 0.6) is 0 Å². The molecule has 8 heteroatoms. The van der Waals surface area contributed by atoms with Gasteiger partial charge in [-0.15, -0.1) is 0 Å². The Morgan fingerprint density at radius 2 is 1.83 bits per heavy atom. The van der Waals surface area contributed by atoms with Crippen LogP contribution < -0.4 is 5.32 Å². The molecule has 1 atom stereocenters. The number of allylic oxidation sites excluding steroid dienone is 1. The van der Waals surface area contributed by atoms with Crippen molar-refractivity contribution >= 4 is 17.2 Å². The Morgan fingerprint density at radius 3 is 2.53 bits per heavy atom. The molecule has 8 nitrogen and oxygen atoms in total.